The van der Waals surface area contributed by atoms with E-state index in [0.717, 1.165) is 28.4 Å². The van der Waals surface area contributed by atoms with Gasteiger partial charge in [-0.3, -0.25) is 0 Å². The summed E-state index contributed by atoms with van der Waals surface area (Å²) < 4.78 is 2.70. The smallest absolute Gasteiger partial charge is 0.0783 e. The molecule has 0 spiro atoms. The Morgan fingerprint density at radius 1 is 0.795 bits per heavy atom. The SMILES string of the molecule is C[Si](C)(C)c1cccc2sc3c(-c4ccc(C5CC5)cn4)[c-]ccc3c12.[Ir].[c-]1ccccc1-c1ccccn1. The van der Waals surface area contributed by atoms with Crippen molar-refractivity contribution >= 4 is 44.8 Å². The number of nitrogens with zero attached hydrogens (tertiary/aromatic N) is 2. The minimum Gasteiger partial charge on any atom is -0.305 e. The fourth-order valence-corrected chi connectivity index (χ4v) is 7.83. The molecule has 7 rings (SSSR count). The van der Waals surface area contributed by atoms with E-state index < -0.39 is 8.07 Å². The quantitative estimate of drug-likeness (QED) is 0.135. The zero-order chi connectivity index (χ0) is 26.1. The van der Waals surface area contributed by atoms with Crippen molar-refractivity contribution in [2.24, 2.45) is 0 Å². The Morgan fingerprint density at radius 2 is 1.64 bits per heavy atom. The summed E-state index contributed by atoms with van der Waals surface area (Å²) in [4.78, 5) is 9.00. The minimum atomic E-state index is -1.41. The molecular weight excluding hydrogens is 689 g/mol. The predicted octanol–water partition coefficient (Wildman–Crippen LogP) is 8.89. The third-order valence-electron chi connectivity index (χ3n) is 7.01. The summed E-state index contributed by atoms with van der Waals surface area (Å²) >= 11 is 1.89. The van der Waals surface area contributed by atoms with Crippen LogP contribution in [0.5, 0.6) is 0 Å². The van der Waals surface area contributed by atoms with Gasteiger partial charge in [0.15, 0.2) is 0 Å². The van der Waals surface area contributed by atoms with Gasteiger partial charge in [-0.2, -0.15) is 11.3 Å². The Balaban J connectivity index is 0.000000200. The van der Waals surface area contributed by atoms with Gasteiger partial charge < -0.3 is 9.97 Å². The topological polar surface area (TPSA) is 25.8 Å². The van der Waals surface area contributed by atoms with Crippen LogP contribution in [0.1, 0.15) is 24.3 Å². The number of benzene rings is 3. The normalized spacial score (nSPS) is 13.0. The molecule has 5 heteroatoms. The van der Waals surface area contributed by atoms with Crippen LogP contribution in [0, 0.1) is 12.1 Å². The molecule has 6 aromatic rings. The standard InChI is InChI=1S/C23H22NSSi.C11H8N.Ir/c1-26(2,3)21-9-5-8-20-22(21)18-7-4-6-17(23(18)25-20)19-13-12-16(14-24-19)15-10-11-15;1-2-6-10(7-3-1)11-8-4-5-9-12-11;/h4-5,7-9,12-15H,10-11H2,1-3H3;1-6,8-9H;/q2*-1;. The first-order chi connectivity index (χ1) is 18.5. The van der Waals surface area contributed by atoms with Crippen molar-refractivity contribution in [3.63, 3.8) is 0 Å². The fourth-order valence-electron chi connectivity index (χ4n) is 4.89. The van der Waals surface area contributed by atoms with E-state index in [4.69, 9.17) is 4.98 Å². The van der Waals surface area contributed by atoms with Gasteiger partial charge in [-0.25, -0.2) is 0 Å². The summed E-state index contributed by atoms with van der Waals surface area (Å²) in [6.07, 6.45) is 6.49. The number of fused-ring (bicyclic) bond motifs is 3. The second-order valence-corrected chi connectivity index (χ2v) is 17.0. The largest absolute Gasteiger partial charge is 0.305 e. The molecule has 0 N–H and O–H groups in total. The van der Waals surface area contributed by atoms with E-state index in [-0.39, 0.29) is 20.1 Å². The van der Waals surface area contributed by atoms with Crippen LogP contribution in [0.25, 0.3) is 42.7 Å². The van der Waals surface area contributed by atoms with Gasteiger partial charge in [-0.1, -0.05) is 66.6 Å². The van der Waals surface area contributed by atoms with Gasteiger partial charge >= 0.3 is 0 Å². The number of hydrogen-bond donors (Lipinski definition) is 0. The summed E-state index contributed by atoms with van der Waals surface area (Å²) in [6.45, 7) is 7.29. The zero-order valence-electron chi connectivity index (χ0n) is 22.4. The van der Waals surface area contributed by atoms with Crippen molar-refractivity contribution in [3.8, 4) is 22.5 Å². The zero-order valence-corrected chi connectivity index (χ0v) is 26.6. The van der Waals surface area contributed by atoms with E-state index in [1.54, 1.807) is 11.4 Å². The molecule has 3 aromatic carbocycles. The molecular formula is C34H30IrN2SSi-2. The molecule has 0 bridgehead atoms. The van der Waals surface area contributed by atoms with E-state index >= 15 is 0 Å². The van der Waals surface area contributed by atoms with Gasteiger partial charge in [0.2, 0.25) is 0 Å². The maximum absolute atomic E-state index is 4.79. The van der Waals surface area contributed by atoms with E-state index in [1.165, 1.54) is 38.6 Å². The molecule has 1 radical (unpaired) electrons. The molecule has 2 nitrogen and oxygen atoms in total. The number of aromatic nitrogens is 2. The van der Waals surface area contributed by atoms with E-state index in [9.17, 15) is 0 Å². The van der Waals surface area contributed by atoms with E-state index in [0.29, 0.717) is 0 Å². The number of hydrogen-bond acceptors (Lipinski definition) is 3. The third kappa shape index (κ3) is 5.97. The van der Waals surface area contributed by atoms with Crippen LogP contribution >= 0.6 is 11.3 Å². The number of thiophene rings is 1. The molecule has 1 saturated carbocycles. The van der Waals surface area contributed by atoms with E-state index in [2.05, 4.69) is 85.4 Å². The van der Waals surface area contributed by atoms with Crippen LogP contribution in [-0.4, -0.2) is 18.0 Å². The summed E-state index contributed by atoms with van der Waals surface area (Å²) in [5.41, 5.74) is 5.59. The first-order valence-electron chi connectivity index (χ1n) is 13.2. The molecule has 0 amide bonds. The first-order valence-corrected chi connectivity index (χ1v) is 17.5. The molecule has 1 fully saturated rings. The Kier molecular flexibility index (Phi) is 8.25. The van der Waals surface area contributed by atoms with Gasteiger partial charge in [0.1, 0.15) is 0 Å². The minimum absolute atomic E-state index is 0. The molecule has 1 aliphatic carbocycles. The van der Waals surface area contributed by atoms with Crippen LogP contribution in [0.4, 0.5) is 0 Å². The molecule has 0 aliphatic heterocycles. The maximum atomic E-state index is 4.79. The molecule has 0 unspecified atom stereocenters. The monoisotopic (exact) mass is 719 g/mol. The average Bonchev–Trinajstić information content (AvgIpc) is 3.73. The molecule has 39 heavy (non-hydrogen) atoms. The van der Waals surface area contributed by atoms with Gasteiger partial charge in [-0.15, -0.1) is 59.7 Å². The predicted molar refractivity (Wildman–Crippen MR) is 165 cm³/mol. The van der Waals surface area contributed by atoms with Crippen molar-refractivity contribution in [1.82, 2.24) is 9.97 Å². The van der Waals surface area contributed by atoms with E-state index in [1.807, 2.05) is 53.8 Å². The fraction of sp³-hybridized carbons (Fsp3) is 0.176. The molecule has 3 aromatic heterocycles. The maximum Gasteiger partial charge on any atom is 0.0783 e. The Hall–Kier alpha value is -2.95. The summed E-state index contributed by atoms with van der Waals surface area (Å²) in [5.74, 6) is 0.750. The van der Waals surface area contributed by atoms with Crippen LogP contribution in [0.2, 0.25) is 19.6 Å². The number of pyridine rings is 2. The van der Waals surface area contributed by atoms with Crippen LogP contribution in [0.3, 0.4) is 0 Å². The van der Waals surface area contributed by atoms with Gasteiger partial charge in [-0.05, 0) is 57.9 Å². The van der Waals surface area contributed by atoms with Crippen molar-refractivity contribution < 1.29 is 20.1 Å². The molecule has 0 atom stereocenters. The van der Waals surface area contributed by atoms with Gasteiger partial charge in [0.25, 0.3) is 0 Å². The van der Waals surface area contributed by atoms with Crippen LogP contribution in [0.15, 0.2) is 97.3 Å². The van der Waals surface area contributed by atoms with Crippen molar-refractivity contribution in [2.75, 3.05) is 0 Å². The van der Waals surface area contributed by atoms with Gasteiger partial charge in [0, 0.05) is 37.2 Å². The van der Waals surface area contributed by atoms with Gasteiger partial charge in [0.05, 0.1) is 8.07 Å². The third-order valence-corrected chi connectivity index (χ3v) is 10.2. The molecule has 3 heterocycles. The van der Waals surface area contributed by atoms with Crippen molar-refractivity contribution in [2.45, 2.75) is 38.4 Å². The number of rotatable bonds is 4. The second-order valence-electron chi connectivity index (χ2n) is 10.9. The molecule has 1 aliphatic rings. The van der Waals surface area contributed by atoms with Crippen molar-refractivity contribution in [1.29, 1.82) is 0 Å². The summed E-state index contributed by atoms with van der Waals surface area (Å²) in [7, 11) is -1.41. The average molecular weight is 719 g/mol. The Morgan fingerprint density at radius 3 is 2.31 bits per heavy atom. The molecule has 197 valence electrons. The Labute approximate surface area is 249 Å². The van der Waals surface area contributed by atoms with Crippen molar-refractivity contribution in [3.05, 3.63) is 115 Å². The first kappa shape index (κ1) is 27.6. The molecule has 0 saturated heterocycles. The second kappa shape index (κ2) is 11.7. The summed E-state index contributed by atoms with van der Waals surface area (Å²) in [5, 5.41) is 4.37. The van der Waals surface area contributed by atoms with Crippen LogP contribution in [-0.2, 0) is 20.1 Å². The van der Waals surface area contributed by atoms with Crippen LogP contribution < -0.4 is 5.19 Å². The Bertz CT molecular complexity index is 1650. The summed E-state index contributed by atoms with van der Waals surface area (Å²) in [6, 6.07) is 35.8.